The Morgan fingerprint density at radius 2 is 1.29 bits per heavy atom. The topological polar surface area (TPSA) is 0 Å². The van der Waals surface area contributed by atoms with Gasteiger partial charge in [0.1, 0.15) is 0 Å². The van der Waals surface area contributed by atoms with E-state index in [0.29, 0.717) is 15.8 Å². The first-order chi connectivity index (χ1) is 3.50. The van der Waals surface area contributed by atoms with Crippen LogP contribution in [0.25, 0.3) is 0 Å². The Morgan fingerprint density at radius 3 is 1.86 bits per heavy atom. The van der Waals surface area contributed by atoms with E-state index in [4.69, 9.17) is 0 Å². The fraction of sp³-hybridized carbons (Fsp3) is 1.00. The van der Waals surface area contributed by atoms with Gasteiger partial charge in [-0.3, -0.25) is 0 Å². The summed E-state index contributed by atoms with van der Waals surface area (Å²) in [4.78, 5) is 0. The molecule has 0 N–H and O–H groups in total. The summed E-state index contributed by atoms with van der Waals surface area (Å²) >= 11 is 0.576. The van der Waals surface area contributed by atoms with E-state index in [9.17, 15) is 0 Å². The van der Waals surface area contributed by atoms with Crippen LogP contribution in [0.1, 0.15) is 25.7 Å². The van der Waals surface area contributed by atoms with Gasteiger partial charge in [0.25, 0.3) is 0 Å². The number of hydrogen-bond donors (Lipinski definition) is 0. The molecule has 0 radical (unpaired) electrons. The van der Waals surface area contributed by atoms with E-state index >= 15 is 0 Å². The Bertz CT molecular complexity index is 23.8. The summed E-state index contributed by atoms with van der Waals surface area (Å²) in [7, 11) is 0. The van der Waals surface area contributed by atoms with E-state index in [2.05, 4.69) is 0 Å². The van der Waals surface area contributed by atoms with Gasteiger partial charge < -0.3 is 0 Å². The molecule has 1 heterocycles. The molecule has 0 spiro atoms. The van der Waals surface area contributed by atoms with Crippen molar-refractivity contribution in [1.82, 2.24) is 0 Å². The normalized spacial score (nSPS) is 24.0. The van der Waals surface area contributed by atoms with E-state index < -0.39 is 0 Å². The van der Waals surface area contributed by atoms with Crippen LogP contribution in [0, 0.1) is 0 Å². The second kappa shape index (κ2) is 3.55. The molecule has 0 saturated carbocycles. The van der Waals surface area contributed by atoms with Crippen molar-refractivity contribution in [2.24, 2.45) is 0 Å². The van der Waals surface area contributed by atoms with Crippen LogP contribution in [0.3, 0.4) is 0 Å². The first kappa shape index (κ1) is 5.69. The molecule has 1 aliphatic heterocycles. The third-order valence-electron chi connectivity index (χ3n) is 1.46. The molecule has 0 aromatic heterocycles. The molecule has 42 valence electrons. The van der Waals surface area contributed by atoms with Crippen molar-refractivity contribution in [1.29, 1.82) is 0 Å². The van der Waals surface area contributed by atoms with Gasteiger partial charge in [-0.2, -0.15) is 0 Å². The van der Waals surface area contributed by atoms with Crippen LogP contribution < -0.4 is 0 Å². The Hall–Kier alpha value is 0.558. The van der Waals surface area contributed by atoms with Crippen molar-refractivity contribution in [3.8, 4) is 0 Å². The molecular formula is C6H13As. The molecule has 1 aliphatic rings. The average Bonchev–Trinajstić information content (AvgIpc) is 1.90. The van der Waals surface area contributed by atoms with Crippen LogP contribution >= 0.6 is 0 Å². The van der Waals surface area contributed by atoms with Crippen molar-refractivity contribution < 1.29 is 0 Å². The van der Waals surface area contributed by atoms with Crippen LogP contribution in [0.5, 0.6) is 0 Å². The minimum atomic E-state index is 0.576. The Labute approximate surface area is 52.4 Å². The molecule has 1 rings (SSSR count). The summed E-state index contributed by atoms with van der Waals surface area (Å²) in [5, 5.41) is 3.25. The van der Waals surface area contributed by atoms with Crippen molar-refractivity contribution >= 4 is 15.8 Å². The Balaban J connectivity index is 2.04. The quantitative estimate of drug-likeness (QED) is 0.474. The fourth-order valence-corrected chi connectivity index (χ4v) is 3.60. The van der Waals surface area contributed by atoms with Gasteiger partial charge in [-0.15, -0.1) is 0 Å². The number of hydrogen-bond acceptors (Lipinski definition) is 0. The van der Waals surface area contributed by atoms with Crippen molar-refractivity contribution in [2.75, 3.05) is 0 Å². The Morgan fingerprint density at radius 1 is 0.714 bits per heavy atom. The molecule has 0 aromatic carbocycles. The molecule has 1 heteroatoms. The van der Waals surface area contributed by atoms with Gasteiger partial charge >= 0.3 is 51.9 Å². The second-order valence-corrected chi connectivity index (χ2v) is 5.31. The van der Waals surface area contributed by atoms with Gasteiger partial charge in [0, 0.05) is 0 Å². The summed E-state index contributed by atoms with van der Waals surface area (Å²) in [5.74, 6) is 0. The summed E-state index contributed by atoms with van der Waals surface area (Å²) in [6.45, 7) is 0. The van der Waals surface area contributed by atoms with Crippen molar-refractivity contribution in [2.45, 2.75) is 36.1 Å². The molecule has 0 bridgehead atoms. The summed E-state index contributed by atoms with van der Waals surface area (Å²) in [6, 6.07) is 0. The average molecular weight is 160 g/mol. The van der Waals surface area contributed by atoms with Crippen LogP contribution in [0.4, 0.5) is 0 Å². The summed E-state index contributed by atoms with van der Waals surface area (Å²) < 4.78 is 0. The van der Waals surface area contributed by atoms with Gasteiger partial charge in [-0.1, -0.05) is 0 Å². The molecule has 1 fully saturated rings. The Kier molecular flexibility index (Phi) is 2.88. The molecule has 1 saturated heterocycles. The first-order valence-corrected chi connectivity index (χ1v) is 6.17. The van der Waals surface area contributed by atoms with E-state index in [0.717, 1.165) is 0 Å². The monoisotopic (exact) mass is 160 g/mol. The SMILES string of the molecule is C1CCC[AsH]CC1. The van der Waals surface area contributed by atoms with Gasteiger partial charge in [0.05, 0.1) is 0 Å². The van der Waals surface area contributed by atoms with Crippen LogP contribution in [-0.2, 0) is 0 Å². The third kappa shape index (κ3) is 2.39. The van der Waals surface area contributed by atoms with E-state index in [1.54, 1.807) is 23.3 Å². The molecule has 0 atom stereocenters. The zero-order valence-corrected chi connectivity index (χ0v) is 6.84. The van der Waals surface area contributed by atoms with Crippen LogP contribution in [-0.4, -0.2) is 15.8 Å². The van der Waals surface area contributed by atoms with Crippen LogP contribution in [0.15, 0.2) is 0 Å². The molecule has 0 unspecified atom stereocenters. The molecule has 0 aromatic rings. The third-order valence-corrected chi connectivity index (χ3v) is 4.42. The maximum absolute atomic E-state index is 1.62. The first-order valence-electron chi connectivity index (χ1n) is 3.21. The maximum atomic E-state index is 1.62. The minimum absolute atomic E-state index is 0.576. The predicted octanol–water partition coefficient (Wildman–Crippen LogP) is 1.83. The van der Waals surface area contributed by atoms with E-state index in [1.807, 2.05) is 0 Å². The molecular weight excluding hydrogens is 147 g/mol. The molecule has 0 aliphatic carbocycles. The van der Waals surface area contributed by atoms with Gasteiger partial charge in [-0.05, 0) is 0 Å². The van der Waals surface area contributed by atoms with Gasteiger partial charge in [-0.25, -0.2) is 0 Å². The second-order valence-electron chi connectivity index (χ2n) is 2.16. The summed E-state index contributed by atoms with van der Waals surface area (Å²) in [5.41, 5.74) is 0. The molecule has 0 amide bonds. The summed E-state index contributed by atoms with van der Waals surface area (Å²) in [6.07, 6.45) is 6.17. The standard InChI is InChI=1S/C6H13As/c1-2-4-6-7-5-3-1/h7H,1-6H2. The zero-order valence-electron chi connectivity index (χ0n) is 4.74. The van der Waals surface area contributed by atoms with Crippen molar-refractivity contribution in [3.63, 3.8) is 0 Å². The van der Waals surface area contributed by atoms with Gasteiger partial charge in [0.15, 0.2) is 0 Å². The van der Waals surface area contributed by atoms with E-state index in [-0.39, 0.29) is 0 Å². The molecule has 7 heavy (non-hydrogen) atoms. The van der Waals surface area contributed by atoms with Gasteiger partial charge in [0.2, 0.25) is 0 Å². The van der Waals surface area contributed by atoms with Crippen LogP contribution in [0.2, 0.25) is 10.4 Å². The fourth-order valence-electron chi connectivity index (χ4n) is 0.979. The molecule has 0 nitrogen and oxygen atoms in total. The predicted molar refractivity (Wildman–Crippen MR) is 35.2 cm³/mol. The van der Waals surface area contributed by atoms with E-state index in [1.165, 1.54) is 12.8 Å². The van der Waals surface area contributed by atoms with Crippen molar-refractivity contribution in [3.05, 3.63) is 0 Å². The number of rotatable bonds is 0. The zero-order chi connectivity index (χ0) is 4.95.